The lowest BCUT2D eigenvalue weighted by molar-refractivity contribution is 0.247. The smallest absolute Gasteiger partial charge is 0.127 e. The summed E-state index contributed by atoms with van der Waals surface area (Å²) in [5.41, 5.74) is 5.00. The zero-order chi connectivity index (χ0) is 15.6. The van der Waals surface area contributed by atoms with Crippen molar-refractivity contribution in [1.29, 1.82) is 0 Å². The lowest BCUT2D eigenvalue weighted by Gasteiger charge is -2.36. The first kappa shape index (κ1) is 14.6. The summed E-state index contributed by atoms with van der Waals surface area (Å²) in [4.78, 5) is 9.21. The molecule has 1 fully saturated rings. The Morgan fingerprint density at radius 3 is 2.65 bits per heavy atom. The number of anilines is 1. The molecule has 23 heavy (non-hydrogen) atoms. The number of piperazine rings is 1. The highest BCUT2D eigenvalue weighted by atomic mass is 32.1. The molecule has 1 aliphatic rings. The molecule has 1 saturated heterocycles. The number of benzene rings is 2. The molecule has 0 aliphatic carbocycles. The summed E-state index contributed by atoms with van der Waals surface area (Å²) < 4.78 is 15.0. The quantitative estimate of drug-likeness (QED) is 0.730. The summed E-state index contributed by atoms with van der Waals surface area (Å²) >= 11 is 1.68. The van der Waals surface area contributed by atoms with Crippen LogP contribution in [0.3, 0.4) is 0 Å². The number of hydrogen-bond donors (Lipinski definition) is 0. The maximum Gasteiger partial charge on any atom is 0.127 e. The molecule has 1 aromatic heterocycles. The normalized spacial score (nSPS) is 16.1. The SMILES string of the molecule is Fc1ccccc1CN1CCN(c2cccc3scnc23)CC1. The van der Waals surface area contributed by atoms with E-state index >= 15 is 0 Å². The van der Waals surface area contributed by atoms with Crippen molar-refractivity contribution in [1.82, 2.24) is 9.88 Å². The van der Waals surface area contributed by atoms with Gasteiger partial charge in [0.15, 0.2) is 0 Å². The van der Waals surface area contributed by atoms with Crippen LogP contribution in [0.25, 0.3) is 10.2 Å². The van der Waals surface area contributed by atoms with Crippen LogP contribution < -0.4 is 4.90 Å². The molecule has 0 saturated carbocycles. The van der Waals surface area contributed by atoms with Crippen LogP contribution in [0.15, 0.2) is 48.0 Å². The number of hydrogen-bond acceptors (Lipinski definition) is 4. The van der Waals surface area contributed by atoms with E-state index in [0.29, 0.717) is 6.54 Å². The van der Waals surface area contributed by atoms with E-state index in [9.17, 15) is 4.39 Å². The number of rotatable bonds is 3. The first-order valence-corrected chi connectivity index (χ1v) is 8.72. The molecular weight excluding hydrogens is 309 g/mol. The van der Waals surface area contributed by atoms with Gasteiger partial charge in [-0.3, -0.25) is 4.90 Å². The van der Waals surface area contributed by atoms with Gasteiger partial charge in [-0.1, -0.05) is 24.3 Å². The summed E-state index contributed by atoms with van der Waals surface area (Å²) in [6, 6.07) is 13.4. The highest BCUT2D eigenvalue weighted by Gasteiger charge is 2.20. The maximum atomic E-state index is 13.8. The van der Waals surface area contributed by atoms with Crippen LogP contribution in [0.5, 0.6) is 0 Å². The van der Waals surface area contributed by atoms with Crippen molar-refractivity contribution < 1.29 is 4.39 Å². The lowest BCUT2D eigenvalue weighted by Crippen LogP contribution is -2.46. The van der Waals surface area contributed by atoms with E-state index < -0.39 is 0 Å². The van der Waals surface area contributed by atoms with Crippen LogP contribution in [0.1, 0.15) is 5.56 Å². The standard InChI is InChI=1S/C18H18FN3S/c19-15-5-2-1-4-14(15)12-21-8-10-22(11-9-21)16-6-3-7-17-18(16)20-13-23-17/h1-7,13H,8-12H2. The molecule has 3 nitrogen and oxygen atoms in total. The van der Waals surface area contributed by atoms with Gasteiger partial charge in [-0.05, 0) is 18.2 Å². The van der Waals surface area contributed by atoms with Crippen molar-refractivity contribution in [3.63, 3.8) is 0 Å². The summed E-state index contributed by atoms with van der Waals surface area (Å²) in [6.45, 7) is 4.46. The fourth-order valence-corrected chi connectivity index (χ4v) is 3.84. The molecule has 0 spiro atoms. The Morgan fingerprint density at radius 1 is 1.00 bits per heavy atom. The van der Waals surface area contributed by atoms with E-state index in [4.69, 9.17) is 0 Å². The molecule has 0 N–H and O–H groups in total. The molecule has 3 aromatic rings. The van der Waals surface area contributed by atoms with Crippen LogP contribution in [0.4, 0.5) is 10.1 Å². The molecule has 0 unspecified atom stereocenters. The maximum absolute atomic E-state index is 13.8. The lowest BCUT2D eigenvalue weighted by atomic mass is 10.1. The number of aromatic nitrogens is 1. The first-order valence-electron chi connectivity index (χ1n) is 7.84. The van der Waals surface area contributed by atoms with Crippen LogP contribution in [0.2, 0.25) is 0 Å². The summed E-state index contributed by atoms with van der Waals surface area (Å²) in [5.74, 6) is -0.109. The number of para-hydroxylation sites is 1. The van der Waals surface area contributed by atoms with Crippen molar-refractivity contribution in [2.45, 2.75) is 6.54 Å². The molecular formula is C18H18FN3S. The Bertz CT molecular complexity index is 809. The van der Waals surface area contributed by atoms with Crippen molar-refractivity contribution >= 4 is 27.2 Å². The third kappa shape index (κ3) is 2.94. The van der Waals surface area contributed by atoms with Gasteiger partial charge >= 0.3 is 0 Å². The molecule has 5 heteroatoms. The average molecular weight is 327 g/mol. The molecule has 4 rings (SSSR count). The van der Waals surface area contributed by atoms with Crippen LogP contribution in [-0.4, -0.2) is 36.1 Å². The van der Waals surface area contributed by atoms with Gasteiger partial charge < -0.3 is 4.90 Å². The second kappa shape index (κ2) is 6.26. The Hall–Kier alpha value is -1.98. The van der Waals surface area contributed by atoms with Crippen LogP contribution >= 0.6 is 11.3 Å². The van der Waals surface area contributed by atoms with Gasteiger partial charge in [0.2, 0.25) is 0 Å². The van der Waals surface area contributed by atoms with Crippen molar-refractivity contribution in [2.24, 2.45) is 0 Å². The minimum atomic E-state index is -0.109. The summed E-state index contributed by atoms with van der Waals surface area (Å²) in [6.07, 6.45) is 0. The fourth-order valence-electron chi connectivity index (χ4n) is 3.14. The van der Waals surface area contributed by atoms with Crippen molar-refractivity contribution in [3.8, 4) is 0 Å². The topological polar surface area (TPSA) is 19.4 Å². The molecule has 2 aromatic carbocycles. The predicted molar refractivity (Wildman–Crippen MR) is 93.5 cm³/mol. The number of halogens is 1. The predicted octanol–water partition coefficient (Wildman–Crippen LogP) is 3.76. The van der Waals surface area contributed by atoms with Crippen molar-refractivity contribution in [3.05, 3.63) is 59.4 Å². The van der Waals surface area contributed by atoms with Gasteiger partial charge in [-0.15, -0.1) is 11.3 Å². The van der Waals surface area contributed by atoms with E-state index in [2.05, 4.69) is 33.0 Å². The largest absolute Gasteiger partial charge is 0.367 e. The summed E-state index contributed by atoms with van der Waals surface area (Å²) in [5, 5.41) is 0. The Labute approximate surface area is 139 Å². The molecule has 0 bridgehead atoms. The Balaban J connectivity index is 1.45. The Morgan fingerprint density at radius 2 is 1.83 bits per heavy atom. The van der Waals surface area contributed by atoms with E-state index in [0.717, 1.165) is 37.3 Å². The van der Waals surface area contributed by atoms with E-state index in [1.54, 1.807) is 17.4 Å². The molecule has 1 aliphatic heterocycles. The second-order valence-electron chi connectivity index (χ2n) is 5.83. The number of thiazole rings is 1. The highest BCUT2D eigenvalue weighted by molar-refractivity contribution is 7.16. The first-order chi connectivity index (χ1) is 11.3. The van der Waals surface area contributed by atoms with Gasteiger partial charge in [0.05, 0.1) is 15.9 Å². The van der Waals surface area contributed by atoms with Gasteiger partial charge in [0.25, 0.3) is 0 Å². The third-order valence-electron chi connectivity index (χ3n) is 4.40. The molecule has 118 valence electrons. The number of fused-ring (bicyclic) bond motifs is 1. The Kier molecular flexibility index (Phi) is 3.97. The number of nitrogens with zero attached hydrogens (tertiary/aromatic N) is 3. The zero-order valence-corrected chi connectivity index (χ0v) is 13.6. The summed E-state index contributed by atoms with van der Waals surface area (Å²) in [7, 11) is 0. The van der Waals surface area contributed by atoms with Crippen molar-refractivity contribution in [2.75, 3.05) is 31.1 Å². The van der Waals surface area contributed by atoms with E-state index in [-0.39, 0.29) is 5.82 Å². The minimum absolute atomic E-state index is 0.109. The monoisotopic (exact) mass is 327 g/mol. The van der Waals surface area contributed by atoms with Gasteiger partial charge in [-0.25, -0.2) is 9.37 Å². The molecule has 0 amide bonds. The third-order valence-corrected chi connectivity index (χ3v) is 5.20. The van der Waals surface area contributed by atoms with Gasteiger partial charge in [0, 0.05) is 38.3 Å². The van der Waals surface area contributed by atoms with E-state index in [1.807, 2.05) is 17.6 Å². The fraction of sp³-hybridized carbons (Fsp3) is 0.278. The molecule has 0 radical (unpaired) electrons. The average Bonchev–Trinajstić information content (AvgIpc) is 3.06. The van der Waals surface area contributed by atoms with Crippen LogP contribution in [-0.2, 0) is 6.54 Å². The van der Waals surface area contributed by atoms with Crippen LogP contribution in [0, 0.1) is 5.82 Å². The van der Waals surface area contributed by atoms with Gasteiger partial charge in [-0.2, -0.15) is 0 Å². The van der Waals surface area contributed by atoms with E-state index in [1.165, 1.54) is 16.5 Å². The zero-order valence-electron chi connectivity index (χ0n) is 12.8. The highest BCUT2D eigenvalue weighted by Crippen LogP contribution is 2.29. The second-order valence-corrected chi connectivity index (χ2v) is 6.72. The molecule has 0 atom stereocenters. The van der Waals surface area contributed by atoms with Gasteiger partial charge in [0.1, 0.15) is 11.3 Å². The molecule has 2 heterocycles. The minimum Gasteiger partial charge on any atom is -0.367 e.